The summed E-state index contributed by atoms with van der Waals surface area (Å²) in [5.41, 5.74) is 5.61. The number of methoxy groups -OCH3 is 2. The van der Waals surface area contributed by atoms with Crippen LogP contribution in [0.25, 0.3) is 11.0 Å². The number of imide groups is 1. The third kappa shape index (κ3) is 4.86. The van der Waals surface area contributed by atoms with Crippen LogP contribution in [0.4, 0.5) is 10.5 Å². The molecule has 0 fully saturated rings. The smallest absolute Gasteiger partial charge is 0.329 e. The first-order valence-electron chi connectivity index (χ1n) is 10.4. The van der Waals surface area contributed by atoms with Gasteiger partial charge in [-0.15, -0.1) is 6.58 Å². The Kier molecular flexibility index (Phi) is 7.23. The fourth-order valence-electron chi connectivity index (χ4n) is 3.81. The minimum Gasteiger partial charge on any atom is -0.497 e. The van der Waals surface area contributed by atoms with Crippen molar-refractivity contribution in [2.24, 2.45) is 5.73 Å². The Hall–Kier alpha value is -4.61. The minimum absolute atomic E-state index is 0.00785. The number of amides is 3. The van der Waals surface area contributed by atoms with Gasteiger partial charge in [-0.3, -0.25) is 28.9 Å². The second kappa shape index (κ2) is 10.1. The lowest BCUT2D eigenvalue weighted by Gasteiger charge is -2.13. The van der Waals surface area contributed by atoms with Crippen LogP contribution in [-0.4, -0.2) is 52.2 Å². The summed E-state index contributed by atoms with van der Waals surface area (Å²) in [6.07, 6.45) is 0.959. The Morgan fingerprint density at radius 3 is 2.31 bits per heavy atom. The van der Waals surface area contributed by atoms with E-state index in [-0.39, 0.29) is 29.9 Å². The molecule has 0 spiro atoms. The lowest BCUT2D eigenvalue weighted by molar-refractivity contribution is -0.385. The number of imidazole rings is 1. The monoisotopic (exact) mass is 483 g/mol. The van der Waals surface area contributed by atoms with E-state index >= 15 is 0 Å². The quantitative estimate of drug-likeness (QED) is 0.278. The molecule has 0 aliphatic rings. The van der Waals surface area contributed by atoms with E-state index < -0.39 is 29.0 Å². The van der Waals surface area contributed by atoms with Gasteiger partial charge >= 0.3 is 11.7 Å². The van der Waals surface area contributed by atoms with Crippen LogP contribution in [0, 0.1) is 10.1 Å². The molecule has 1 heterocycles. The molecule has 0 atom stereocenters. The van der Waals surface area contributed by atoms with Gasteiger partial charge in [-0.2, -0.15) is 0 Å². The van der Waals surface area contributed by atoms with Crippen molar-refractivity contribution in [3.63, 3.8) is 0 Å². The Morgan fingerprint density at radius 2 is 1.80 bits per heavy atom. The number of fused-ring (bicyclic) bond motifs is 1. The molecule has 0 radical (unpaired) electrons. The molecule has 3 aromatic rings. The number of carbonyl (C=O) groups excluding carboxylic acids is 2. The zero-order valence-corrected chi connectivity index (χ0v) is 19.5. The van der Waals surface area contributed by atoms with Gasteiger partial charge in [0.25, 0.3) is 5.69 Å². The van der Waals surface area contributed by atoms with Gasteiger partial charge in [0, 0.05) is 25.7 Å². The average Bonchev–Trinajstić information content (AvgIpc) is 3.09. The van der Waals surface area contributed by atoms with E-state index in [9.17, 15) is 24.5 Å². The van der Waals surface area contributed by atoms with Crippen molar-refractivity contribution in [2.45, 2.75) is 19.5 Å². The molecular weight excluding hydrogens is 458 g/mol. The molecule has 12 nitrogen and oxygen atoms in total. The number of carbonyl (C=O) groups is 2. The van der Waals surface area contributed by atoms with Crippen molar-refractivity contribution in [3.05, 3.63) is 74.7 Å². The molecule has 3 amide bonds. The molecule has 3 rings (SSSR count). The molecule has 0 aliphatic carbocycles. The highest BCUT2D eigenvalue weighted by Crippen LogP contribution is 2.30. The van der Waals surface area contributed by atoms with Crippen LogP contribution < -0.4 is 20.9 Å². The number of primary amides is 1. The molecule has 2 N–H and O–H groups in total. The van der Waals surface area contributed by atoms with Crippen LogP contribution in [0.2, 0.25) is 0 Å². The molecule has 184 valence electrons. The summed E-state index contributed by atoms with van der Waals surface area (Å²) >= 11 is 0. The van der Waals surface area contributed by atoms with E-state index in [0.29, 0.717) is 27.5 Å². The van der Waals surface area contributed by atoms with Crippen LogP contribution in [0.3, 0.4) is 0 Å². The lowest BCUT2D eigenvalue weighted by Crippen LogP contribution is -2.38. The van der Waals surface area contributed by atoms with Gasteiger partial charge in [-0.05, 0) is 23.8 Å². The Balaban J connectivity index is 2.28. The van der Waals surface area contributed by atoms with Crippen molar-refractivity contribution in [2.75, 3.05) is 21.3 Å². The fourth-order valence-corrected chi connectivity index (χ4v) is 3.81. The highest BCUT2D eigenvalue weighted by Gasteiger charge is 2.27. The first-order valence-corrected chi connectivity index (χ1v) is 10.4. The predicted octanol–water partition coefficient (Wildman–Crippen LogP) is 2.04. The molecular formula is C23H25N5O7. The maximum atomic E-state index is 13.4. The Labute approximate surface area is 199 Å². The number of hydrogen-bond acceptors (Lipinski definition) is 7. The zero-order chi connectivity index (χ0) is 25.9. The summed E-state index contributed by atoms with van der Waals surface area (Å²) < 4.78 is 13.3. The van der Waals surface area contributed by atoms with E-state index in [1.54, 1.807) is 18.2 Å². The van der Waals surface area contributed by atoms with Gasteiger partial charge in [-0.1, -0.05) is 6.08 Å². The molecule has 1 aromatic heterocycles. The number of nitro groups is 1. The molecule has 2 aromatic carbocycles. The summed E-state index contributed by atoms with van der Waals surface area (Å²) in [6, 6.07) is 6.85. The predicted molar refractivity (Wildman–Crippen MR) is 128 cm³/mol. The number of hydrogen-bond donors (Lipinski definition) is 1. The van der Waals surface area contributed by atoms with Gasteiger partial charge in [0.1, 0.15) is 11.5 Å². The standard InChI is InChI=1S/C23H25N5O7/c1-5-8-26-21-17(12-20(29)25(2)22(24)30)18(28(32)33)6-7-19(21)27(23(26)31)13-14-9-15(34-3)11-16(10-14)35-4/h5-7,9-11H,1,8,12-13H2,2-4H3,(H2,24,30). The van der Waals surface area contributed by atoms with Crippen LogP contribution in [0.15, 0.2) is 47.8 Å². The molecule has 0 saturated heterocycles. The second-order valence-electron chi connectivity index (χ2n) is 7.64. The lowest BCUT2D eigenvalue weighted by atomic mass is 10.1. The zero-order valence-electron chi connectivity index (χ0n) is 19.5. The third-order valence-corrected chi connectivity index (χ3v) is 5.55. The summed E-state index contributed by atoms with van der Waals surface area (Å²) in [5, 5.41) is 11.8. The first-order chi connectivity index (χ1) is 16.6. The molecule has 12 heteroatoms. The van der Waals surface area contributed by atoms with Crippen LogP contribution in [0.5, 0.6) is 11.5 Å². The molecule has 35 heavy (non-hydrogen) atoms. The van der Waals surface area contributed by atoms with Crippen LogP contribution >= 0.6 is 0 Å². The maximum Gasteiger partial charge on any atom is 0.329 e. The highest BCUT2D eigenvalue weighted by atomic mass is 16.6. The van der Waals surface area contributed by atoms with Gasteiger partial charge < -0.3 is 15.2 Å². The number of rotatable bonds is 9. The number of aromatic nitrogens is 2. The van der Waals surface area contributed by atoms with Gasteiger partial charge in [0.15, 0.2) is 0 Å². The molecule has 0 aliphatic heterocycles. The van der Waals surface area contributed by atoms with Crippen LogP contribution in [-0.2, 0) is 24.3 Å². The highest BCUT2D eigenvalue weighted by molar-refractivity contribution is 5.97. The summed E-state index contributed by atoms with van der Waals surface area (Å²) in [5.74, 6) is 0.299. The van der Waals surface area contributed by atoms with E-state index in [1.165, 1.54) is 48.6 Å². The van der Waals surface area contributed by atoms with Crippen LogP contribution in [0.1, 0.15) is 11.1 Å². The van der Waals surface area contributed by atoms with Gasteiger partial charge in [0.2, 0.25) is 5.91 Å². The molecule has 0 unspecified atom stereocenters. The van der Waals surface area contributed by atoms with Gasteiger partial charge in [-0.25, -0.2) is 9.59 Å². The van der Waals surface area contributed by atoms with Crippen molar-refractivity contribution in [1.82, 2.24) is 14.0 Å². The largest absolute Gasteiger partial charge is 0.497 e. The number of nitrogens with two attached hydrogens (primary N) is 1. The normalized spacial score (nSPS) is 10.7. The topological polar surface area (TPSA) is 152 Å². The van der Waals surface area contributed by atoms with E-state index in [2.05, 4.69) is 6.58 Å². The van der Waals surface area contributed by atoms with Crippen molar-refractivity contribution >= 4 is 28.7 Å². The number of nitro benzene ring substituents is 1. The summed E-state index contributed by atoms with van der Waals surface area (Å²) in [7, 11) is 4.19. The fraction of sp³-hybridized carbons (Fsp3) is 0.261. The summed E-state index contributed by atoms with van der Waals surface area (Å²) in [6.45, 7) is 3.81. The number of benzene rings is 2. The van der Waals surface area contributed by atoms with Crippen molar-refractivity contribution in [3.8, 4) is 11.5 Å². The number of nitrogens with zero attached hydrogens (tertiary/aromatic N) is 4. The molecule has 0 bridgehead atoms. The number of urea groups is 1. The Bertz CT molecular complexity index is 1370. The summed E-state index contributed by atoms with van der Waals surface area (Å²) in [4.78, 5) is 49.3. The SMILES string of the molecule is C=CCn1c(=O)n(Cc2cc(OC)cc(OC)c2)c2ccc([N+](=O)[O-])c(CC(=O)N(C)C(N)=O)c21. The second-order valence-corrected chi connectivity index (χ2v) is 7.64. The molecule has 0 saturated carbocycles. The number of allylic oxidation sites excluding steroid dienone is 1. The van der Waals surface area contributed by atoms with Crippen molar-refractivity contribution in [1.29, 1.82) is 0 Å². The number of ether oxygens (including phenoxy) is 2. The third-order valence-electron chi connectivity index (χ3n) is 5.55. The van der Waals surface area contributed by atoms with E-state index in [1.807, 2.05) is 0 Å². The van der Waals surface area contributed by atoms with Gasteiger partial charge in [0.05, 0.1) is 48.7 Å². The minimum atomic E-state index is -1.00. The first kappa shape index (κ1) is 25.0. The van der Waals surface area contributed by atoms with E-state index in [0.717, 1.165) is 0 Å². The maximum absolute atomic E-state index is 13.4. The Morgan fingerprint density at radius 1 is 1.17 bits per heavy atom. The number of likely N-dealkylation sites (N-methyl/N-ethyl adjacent to an activating group) is 1. The van der Waals surface area contributed by atoms with Crippen molar-refractivity contribution < 1.29 is 24.0 Å². The average molecular weight is 483 g/mol. The van der Waals surface area contributed by atoms with E-state index in [4.69, 9.17) is 15.2 Å².